The van der Waals surface area contributed by atoms with E-state index >= 15 is 0 Å². The SMILES string of the molecule is FC1(F)CNc2ccccc2O1. The Bertz CT molecular complexity index is 301. The summed E-state index contributed by atoms with van der Waals surface area (Å²) in [7, 11) is 0. The molecule has 0 saturated heterocycles. The maximum atomic E-state index is 12.6. The van der Waals surface area contributed by atoms with E-state index in [9.17, 15) is 8.78 Å². The number of hydrogen-bond donors (Lipinski definition) is 1. The Hall–Kier alpha value is -1.32. The predicted octanol–water partition coefficient (Wildman–Crippen LogP) is 2.08. The van der Waals surface area contributed by atoms with E-state index in [1.54, 1.807) is 18.2 Å². The van der Waals surface area contributed by atoms with Crippen LogP contribution in [0.1, 0.15) is 0 Å². The number of para-hydroxylation sites is 2. The van der Waals surface area contributed by atoms with Crippen LogP contribution in [0, 0.1) is 0 Å². The fourth-order valence-corrected chi connectivity index (χ4v) is 1.10. The molecule has 0 amide bonds. The molecule has 64 valence electrons. The monoisotopic (exact) mass is 171 g/mol. The zero-order valence-corrected chi connectivity index (χ0v) is 6.18. The molecule has 1 N–H and O–H groups in total. The van der Waals surface area contributed by atoms with Crippen LogP contribution in [0.15, 0.2) is 24.3 Å². The van der Waals surface area contributed by atoms with Gasteiger partial charge in [-0.2, -0.15) is 8.78 Å². The number of alkyl halides is 2. The number of anilines is 1. The summed E-state index contributed by atoms with van der Waals surface area (Å²) in [5, 5.41) is 2.58. The first-order valence-corrected chi connectivity index (χ1v) is 3.57. The van der Waals surface area contributed by atoms with Gasteiger partial charge in [-0.05, 0) is 12.1 Å². The van der Waals surface area contributed by atoms with Gasteiger partial charge < -0.3 is 10.1 Å². The minimum atomic E-state index is -3.09. The highest BCUT2D eigenvalue weighted by atomic mass is 19.3. The topological polar surface area (TPSA) is 21.3 Å². The van der Waals surface area contributed by atoms with E-state index in [1.807, 2.05) is 0 Å². The Labute approximate surface area is 68.1 Å². The second kappa shape index (κ2) is 2.33. The largest absolute Gasteiger partial charge is 0.429 e. The van der Waals surface area contributed by atoms with Crippen molar-refractivity contribution in [1.29, 1.82) is 0 Å². The lowest BCUT2D eigenvalue weighted by atomic mass is 10.2. The van der Waals surface area contributed by atoms with Gasteiger partial charge in [0.25, 0.3) is 0 Å². The molecule has 0 fully saturated rings. The van der Waals surface area contributed by atoms with Crippen LogP contribution in [0.4, 0.5) is 14.5 Å². The van der Waals surface area contributed by atoms with E-state index in [0.29, 0.717) is 5.69 Å². The van der Waals surface area contributed by atoms with Crippen molar-refractivity contribution >= 4 is 5.69 Å². The fourth-order valence-electron chi connectivity index (χ4n) is 1.10. The lowest BCUT2D eigenvalue weighted by Gasteiger charge is -2.26. The Morgan fingerprint density at radius 3 is 2.92 bits per heavy atom. The quantitative estimate of drug-likeness (QED) is 0.645. The first-order chi connectivity index (χ1) is 5.67. The Morgan fingerprint density at radius 2 is 2.08 bits per heavy atom. The molecule has 0 unspecified atom stereocenters. The predicted molar refractivity (Wildman–Crippen MR) is 40.5 cm³/mol. The highest BCUT2D eigenvalue weighted by Crippen LogP contribution is 2.33. The summed E-state index contributed by atoms with van der Waals surface area (Å²) < 4.78 is 29.6. The van der Waals surface area contributed by atoms with E-state index in [1.165, 1.54) is 6.07 Å². The van der Waals surface area contributed by atoms with Gasteiger partial charge in [-0.3, -0.25) is 0 Å². The molecule has 2 rings (SSSR count). The molecule has 4 heteroatoms. The summed E-state index contributed by atoms with van der Waals surface area (Å²) in [4.78, 5) is 0. The lowest BCUT2D eigenvalue weighted by molar-refractivity contribution is -0.166. The summed E-state index contributed by atoms with van der Waals surface area (Å²) in [6, 6.07) is 6.63. The van der Waals surface area contributed by atoms with Gasteiger partial charge in [-0.1, -0.05) is 12.1 Å². The first-order valence-electron chi connectivity index (χ1n) is 3.57. The van der Waals surface area contributed by atoms with Gasteiger partial charge in [0, 0.05) is 0 Å². The molecule has 0 aliphatic carbocycles. The minimum absolute atomic E-state index is 0.203. The zero-order valence-electron chi connectivity index (χ0n) is 6.18. The number of rotatable bonds is 0. The van der Waals surface area contributed by atoms with E-state index in [0.717, 1.165) is 0 Å². The average molecular weight is 171 g/mol. The van der Waals surface area contributed by atoms with Gasteiger partial charge in [0.1, 0.15) is 12.3 Å². The van der Waals surface area contributed by atoms with Crippen molar-refractivity contribution in [3.8, 4) is 5.75 Å². The molecule has 0 spiro atoms. The third-order valence-electron chi connectivity index (χ3n) is 1.63. The number of hydrogen-bond acceptors (Lipinski definition) is 2. The van der Waals surface area contributed by atoms with Crippen molar-refractivity contribution < 1.29 is 13.5 Å². The maximum absolute atomic E-state index is 12.6. The van der Waals surface area contributed by atoms with Gasteiger partial charge in [-0.15, -0.1) is 0 Å². The number of nitrogens with one attached hydrogen (secondary N) is 1. The summed E-state index contributed by atoms with van der Waals surface area (Å²) in [5.74, 6) is 0.203. The summed E-state index contributed by atoms with van der Waals surface area (Å²) in [6.07, 6.45) is -3.09. The third-order valence-corrected chi connectivity index (χ3v) is 1.63. The van der Waals surface area contributed by atoms with Crippen LogP contribution in [0.5, 0.6) is 5.75 Å². The summed E-state index contributed by atoms with van der Waals surface area (Å²) in [6.45, 7) is -0.468. The molecule has 2 nitrogen and oxygen atoms in total. The second-order valence-electron chi connectivity index (χ2n) is 2.59. The first kappa shape index (κ1) is 7.34. The molecule has 0 aromatic heterocycles. The second-order valence-corrected chi connectivity index (χ2v) is 2.59. The number of fused-ring (bicyclic) bond motifs is 1. The van der Waals surface area contributed by atoms with Gasteiger partial charge in [0.15, 0.2) is 0 Å². The number of halogens is 2. The highest BCUT2D eigenvalue weighted by Gasteiger charge is 2.35. The Kier molecular flexibility index (Phi) is 1.43. The molecule has 1 heterocycles. The van der Waals surface area contributed by atoms with Crippen LogP contribution in [0.25, 0.3) is 0 Å². The van der Waals surface area contributed by atoms with E-state index < -0.39 is 12.7 Å². The zero-order chi connectivity index (χ0) is 8.60. The molecule has 12 heavy (non-hydrogen) atoms. The van der Waals surface area contributed by atoms with Crippen LogP contribution < -0.4 is 10.1 Å². The standard InChI is InChI=1S/C8H7F2NO/c9-8(10)5-11-6-3-1-2-4-7(6)12-8/h1-4,11H,5H2. The van der Waals surface area contributed by atoms with Crippen LogP contribution in [-0.4, -0.2) is 12.7 Å². The molecule has 0 atom stereocenters. The van der Waals surface area contributed by atoms with E-state index in [4.69, 9.17) is 0 Å². The third kappa shape index (κ3) is 1.20. The van der Waals surface area contributed by atoms with E-state index in [2.05, 4.69) is 10.1 Å². The summed E-state index contributed by atoms with van der Waals surface area (Å²) in [5.41, 5.74) is 0.614. The van der Waals surface area contributed by atoms with Crippen molar-refractivity contribution in [3.05, 3.63) is 24.3 Å². The molecule has 1 aromatic rings. The molecule has 1 aromatic carbocycles. The van der Waals surface area contributed by atoms with Gasteiger partial charge in [-0.25, -0.2) is 0 Å². The van der Waals surface area contributed by atoms with Crippen LogP contribution in [-0.2, 0) is 0 Å². The normalized spacial score (nSPS) is 18.8. The van der Waals surface area contributed by atoms with Crippen molar-refractivity contribution in [2.45, 2.75) is 6.11 Å². The van der Waals surface area contributed by atoms with Crippen LogP contribution in [0.2, 0.25) is 0 Å². The van der Waals surface area contributed by atoms with Crippen LogP contribution >= 0.6 is 0 Å². The lowest BCUT2D eigenvalue weighted by Crippen LogP contribution is -2.37. The number of ether oxygens (including phenoxy) is 1. The van der Waals surface area contributed by atoms with Gasteiger partial charge in [0.2, 0.25) is 0 Å². The molecular weight excluding hydrogens is 164 g/mol. The molecule has 1 aliphatic rings. The van der Waals surface area contributed by atoms with E-state index in [-0.39, 0.29) is 5.75 Å². The smallest absolute Gasteiger partial charge is 0.415 e. The van der Waals surface area contributed by atoms with Gasteiger partial charge >= 0.3 is 6.11 Å². The molecular formula is C8H7F2NO. The number of benzene rings is 1. The maximum Gasteiger partial charge on any atom is 0.415 e. The Morgan fingerprint density at radius 1 is 1.33 bits per heavy atom. The minimum Gasteiger partial charge on any atom is -0.429 e. The van der Waals surface area contributed by atoms with Crippen molar-refractivity contribution in [2.24, 2.45) is 0 Å². The molecule has 1 aliphatic heterocycles. The van der Waals surface area contributed by atoms with Crippen molar-refractivity contribution in [1.82, 2.24) is 0 Å². The van der Waals surface area contributed by atoms with Crippen LogP contribution in [0.3, 0.4) is 0 Å². The molecule has 0 radical (unpaired) electrons. The fraction of sp³-hybridized carbons (Fsp3) is 0.250. The molecule has 0 bridgehead atoms. The average Bonchev–Trinajstić information content (AvgIpc) is 2.02. The molecule has 0 saturated carbocycles. The van der Waals surface area contributed by atoms with Gasteiger partial charge in [0.05, 0.1) is 5.69 Å². The highest BCUT2D eigenvalue weighted by molar-refractivity contribution is 5.57. The van der Waals surface area contributed by atoms with Crippen molar-refractivity contribution in [2.75, 3.05) is 11.9 Å². The van der Waals surface area contributed by atoms with Crippen molar-refractivity contribution in [3.63, 3.8) is 0 Å². The Balaban J connectivity index is 2.35. The summed E-state index contributed by atoms with van der Waals surface area (Å²) >= 11 is 0.